The van der Waals surface area contributed by atoms with E-state index in [4.69, 9.17) is 5.73 Å². The molecule has 0 atom stereocenters. The lowest BCUT2D eigenvalue weighted by atomic mass is 9.89. The zero-order valence-electron chi connectivity index (χ0n) is 6.90. The third-order valence-corrected chi connectivity index (χ3v) is 2.61. The standard InChI is InChI=1S/C9H18N/c1-2-9(10)7-5-3-4-6-8-9/h2H,3-8,10H2,1H3/q+1. The first-order valence-corrected chi connectivity index (χ1v) is 4.36. The molecule has 2 N–H and O–H groups in total. The molecule has 0 heterocycles. The quantitative estimate of drug-likeness (QED) is 0.439. The van der Waals surface area contributed by atoms with Gasteiger partial charge in [-0.2, -0.15) is 0 Å². The van der Waals surface area contributed by atoms with E-state index in [-0.39, 0.29) is 5.54 Å². The van der Waals surface area contributed by atoms with Crippen LogP contribution in [0.2, 0.25) is 0 Å². The van der Waals surface area contributed by atoms with Crippen LogP contribution in [0.1, 0.15) is 45.4 Å². The lowest BCUT2D eigenvalue weighted by Crippen LogP contribution is -2.38. The summed E-state index contributed by atoms with van der Waals surface area (Å²) in [6, 6.07) is 0. The van der Waals surface area contributed by atoms with Crippen molar-refractivity contribution in [3.05, 3.63) is 6.42 Å². The topological polar surface area (TPSA) is 26.0 Å². The van der Waals surface area contributed by atoms with Crippen molar-refractivity contribution in [2.24, 2.45) is 5.73 Å². The van der Waals surface area contributed by atoms with E-state index in [1.165, 1.54) is 38.5 Å². The van der Waals surface area contributed by atoms with Crippen LogP contribution in [-0.4, -0.2) is 5.54 Å². The van der Waals surface area contributed by atoms with Crippen molar-refractivity contribution in [1.82, 2.24) is 0 Å². The van der Waals surface area contributed by atoms with Crippen molar-refractivity contribution in [3.8, 4) is 0 Å². The van der Waals surface area contributed by atoms with Gasteiger partial charge in [0.25, 0.3) is 0 Å². The van der Waals surface area contributed by atoms with Gasteiger partial charge in [-0.25, -0.2) is 0 Å². The Kier molecular flexibility index (Phi) is 2.61. The molecule has 0 unspecified atom stereocenters. The smallest absolute Gasteiger partial charge is 0.156 e. The van der Waals surface area contributed by atoms with Gasteiger partial charge in [-0.1, -0.05) is 12.8 Å². The minimum atomic E-state index is 0.0799. The number of hydrogen-bond donors (Lipinski definition) is 1. The predicted molar refractivity (Wildman–Crippen MR) is 44.6 cm³/mol. The van der Waals surface area contributed by atoms with Gasteiger partial charge in [-0.3, -0.25) is 5.73 Å². The Morgan fingerprint density at radius 1 is 1.10 bits per heavy atom. The predicted octanol–water partition coefficient (Wildman–Crippen LogP) is 2.26. The second-order valence-electron chi connectivity index (χ2n) is 3.44. The fourth-order valence-corrected chi connectivity index (χ4v) is 1.68. The zero-order valence-corrected chi connectivity index (χ0v) is 6.90. The van der Waals surface area contributed by atoms with Crippen LogP contribution in [0.15, 0.2) is 0 Å². The summed E-state index contributed by atoms with van der Waals surface area (Å²) in [5.41, 5.74) is 6.18. The normalized spacial score (nSPS) is 25.4. The van der Waals surface area contributed by atoms with Gasteiger partial charge in [0.05, 0.1) is 13.3 Å². The van der Waals surface area contributed by atoms with Gasteiger partial charge in [-0.15, -0.1) is 0 Å². The van der Waals surface area contributed by atoms with Crippen molar-refractivity contribution in [3.63, 3.8) is 0 Å². The maximum Gasteiger partial charge on any atom is 0.156 e. The average molecular weight is 140 g/mol. The Morgan fingerprint density at radius 3 is 2.00 bits per heavy atom. The van der Waals surface area contributed by atoms with Crippen molar-refractivity contribution in [1.29, 1.82) is 0 Å². The fourth-order valence-electron chi connectivity index (χ4n) is 1.68. The molecule has 0 radical (unpaired) electrons. The highest BCUT2D eigenvalue weighted by Crippen LogP contribution is 2.26. The van der Waals surface area contributed by atoms with Crippen molar-refractivity contribution < 1.29 is 0 Å². The molecule has 0 aliphatic heterocycles. The highest BCUT2D eigenvalue weighted by molar-refractivity contribution is 4.95. The third kappa shape index (κ3) is 1.91. The van der Waals surface area contributed by atoms with Gasteiger partial charge in [0.2, 0.25) is 0 Å². The second-order valence-corrected chi connectivity index (χ2v) is 3.44. The van der Waals surface area contributed by atoms with E-state index in [0.29, 0.717) is 0 Å². The van der Waals surface area contributed by atoms with Crippen LogP contribution in [0.4, 0.5) is 0 Å². The summed E-state index contributed by atoms with van der Waals surface area (Å²) < 4.78 is 0. The van der Waals surface area contributed by atoms with Gasteiger partial charge in [0, 0.05) is 12.8 Å². The summed E-state index contributed by atoms with van der Waals surface area (Å²) in [5.74, 6) is 0. The van der Waals surface area contributed by atoms with E-state index in [0.717, 1.165) is 0 Å². The van der Waals surface area contributed by atoms with Gasteiger partial charge >= 0.3 is 0 Å². The van der Waals surface area contributed by atoms with E-state index in [9.17, 15) is 0 Å². The molecule has 1 saturated carbocycles. The number of hydrogen-bond acceptors (Lipinski definition) is 1. The Bertz CT molecular complexity index is 90.9. The lowest BCUT2D eigenvalue weighted by molar-refractivity contribution is 0.429. The SMILES string of the molecule is C[CH+]C1(N)CCCCCC1. The summed E-state index contributed by atoms with van der Waals surface area (Å²) in [4.78, 5) is 0. The molecule has 0 aromatic carbocycles. The molecule has 1 aliphatic rings. The van der Waals surface area contributed by atoms with E-state index in [1.807, 2.05) is 0 Å². The summed E-state index contributed by atoms with van der Waals surface area (Å²) in [7, 11) is 0. The molecule has 0 bridgehead atoms. The van der Waals surface area contributed by atoms with Crippen LogP contribution in [0.3, 0.4) is 0 Å². The van der Waals surface area contributed by atoms with Crippen LogP contribution in [0.25, 0.3) is 0 Å². The van der Waals surface area contributed by atoms with Crippen LogP contribution >= 0.6 is 0 Å². The molecule has 1 heteroatoms. The van der Waals surface area contributed by atoms with Gasteiger partial charge in [0.1, 0.15) is 0 Å². The maximum atomic E-state index is 6.10. The molecule has 0 spiro atoms. The third-order valence-electron chi connectivity index (χ3n) is 2.61. The van der Waals surface area contributed by atoms with E-state index in [1.54, 1.807) is 0 Å². The number of rotatable bonds is 1. The Labute approximate surface area is 64.0 Å². The molecule has 1 rings (SSSR count). The molecule has 0 amide bonds. The first kappa shape index (κ1) is 7.93. The molecule has 1 nitrogen and oxygen atoms in total. The zero-order chi connectivity index (χ0) is 7.45. The fraction of sp³-hybridized carbons (Fsp3) is 0.889. The van der Waals surface area contributed by atoms with Gasteiger partial charge in [-0.05, 0) is 12.8 Å². The Morgan fingerprint density at radius 2 is 1.60 bits per heavy atom. The highest BCUT2D eigenvalue weighted by Gasteiger charge is 2.31. The van der Waals surface area contributed by atoms with Gasteiger partial charge in [0.15, 0.2) is 5.54 Å². The molecule has 58 valence electrons. The van der Waals surface area contributed by atoms with Crippen molar-refractivity contribution in [2.45, 2.75) is 51.0 Å². The number of nitrogens with two attached hydrogens (primary N) is 1. The first-order chi connectivity index (χ1) is 4.77. The minimum absolute atomic E-state index is 0.0799. The lowest BCUT2D eigenvalue weighted by Gasteiger charge is -2.16. The first-order valence-electron chi connectivity index (χ1n) is 4.36. The van der Waals surface area contributed by atoms with E-state index >= 15 is 0 Å². The summed E-state index contributed by atoms with van der Waals surface area (Å²) >= 11 is 0. The Balaban J connectivity index is 2.41. The average Bonchev–Trinajstić information content (AvgIpc) is 2.15. The monoisotopic (exact) mass is 140 g/mol. The van der Waals surface area contributed by atoms with Crippen LogP contribution in [0.5, 0.6) is 0 Å². The van der Waals surface area contributed by atoms with Gasteiger partial charge < -0.3 is 0 Å². The summed E-state index contributed by atoms with van der Waals surface area (Å²) in [5, 5.41) is 0. The van der Waals surface area contributed by atoms with Crippen LogP contribution in [0, 0.1) is 6.42 Å². The molecule has 0 aromatic rings. The molecule has 0 aromatic heterocycles. The molecule has 0 saturated heterocycles. The molecule has 10 heavy (non-hydrogen) atoms. The second kappa shape index (κ2) is 3.29. The highest BCUT2D eigenvalue weighted by atomic mass is 14.7. The van der Waals surface area contributed by atoms with E-state index in [2.05, 4.69) is 13.3 Å². The largest absolute Gasteiger partial charge is 0.288 e. The van der Waals surface area contributed by atoms with Crippen molar-refractivity contribution in [2.75, 3.05) is 0 Å². The molecule has 1 fully saturated rings. The van der Waals surface area contributed by atoms with Crippen LogP contribution in [-0.2, 0) is 0 Å². The maximum absolute atomic E-state index is 6.10. The molecular weight excluding hydrogens is 122 g/mol. The summed E-state index contributed by atoms with van der Waals surface area (Å²) in [6.45, 7) is 2.09. The van der Waals surface area contributed by atoms with Crippen molar-refractivity contribution >= 4 is 0 Å². The molecular formula is C9H18N+. The minimum Gasteiger partial charge on any atom is -0.288 e. The Hall–Kier alpha value is -0.170. The molecule has 1 aliphatic carbocycles. The summed E-state index contributed by atoms with van der Waals surface area (Å²) in [6.07, 6.45) is 9.98. The van der Waals surface area contributed by atoms with E-state index < -0.39 is 0 Å². The van der Waals surface area contributed by atoms with Crippen LogP contribution < -0.4 is 5.73 Å².